The first kappa shape index (κ1) is 22.3. The lowest BCUT2D eigenvalue weighted by Crippen LogP contribution is -2.37. The Bertz CT molecular complexity index is 969. The Morgan fingerprint density at radius 1 is 1.17 bits per heavy atom. The van der Waals surface area contributed by atoms with Gasteiger partial charge in [-0.25, -0.2) is 4.79 Å². The molecule has 2 amide bonds. The molecule has 0 aliphatic carbocycles. The van der Waals surface area contributed by atoms with Crippen LogP contribution in [0.1, 0.15) is 11.1 Å². The third kappa shape index (κ3) is 7.19. The van der Waals surface area contributed by atoms with E-state index in [2.05, 4.69) is 5.32 Å². The summed E-state index contributed by atoms with van der Waals surface area (Å²) in [6.45, 7) is 1.19. The molecule has 0 radical (unpaired) electrons. The summed E-state index contributed by atoms with van der Waals surface area (Å²) in [4.78, 5) is 47.2. The molecular formula is C21H21N3O6. The van der Waals surface area contributed by atoms with Crippen LogP contribution in [0.5, 0.6) is 0 Å². The predicted molar refractivity (Wildman–Crippen MR) is 111 cm³/mol. The van der Waals surface area contributed by atoms with Crippen molar-refractivity contribution >= 4 is 35.2 Å². The number of carbonyl (C=O) groups excluding carboxylic acids is 3. The Balaban J connectivity index is 1.78. The molecule has 2 aromatic rings. The van der Waals surface area contributed by atoms with Crippen LogP contribution in [-0.4, -0.2) is 47.8 Å². The van der Waals surface area contributed by atoms with Crippen molar-refractivity contribution in [2.45, 2.75) is 6.92 Å². The number of ether oxygens (including phenoxy) is 1. The Morgan fingerprint density at radius 3 is 2.53 bits per heavy atom. The Kier molecular flexibility index (Phi) is 7.81. The van der Waals surface area contributed by atoms with Crippen molar-refractivity contribution in [3.63, 3.8) is 0 Å². The van der Waals surface area contributed by atoms with Gasteiger partial charge >= 0.3 is 5.97 Å². The van der Waals surface area contributed by atoms with Gasteiger partial charge in [0.1, 0.15) is 0 Å². The fourth-order valence-electron chi connectivity index (χ4n) is 2.34. The molecule has 0 heterocycles. The number of hydrogen-bond donors (Lipinski definition) is 1. The number of nitrogens with one attached hydrogen (secondary N) is 1. The summed E-state index contributed by atoms with van der Waals surface area (Å²) < 4.78 is 4.85. The van der Waals surface area contributed by atoms with Gasteiger partial charge in [-0.15, -0.1) is 0 Å². The van der Waals surface area contributed by atoms with Gasteiger partial charge in [-0.2, -0.15) is 0 Å². The molecule has 9 heteroatoms. The fraction of sp³-hybridized carbons (Fsp3) is 0.190. The highest BCUT2D eigenvalue weighted by atomic mass is 16.6. The highest BCUT2D eigenvalue weighted by Gasteiger charge is 2.14. The topological polar surface area (TPSA) is 119 Å². The van der Waals surface area contributed by atoms with Crippen LogP contribution in [0.15, 0.2) is 54.6 Å². The third-order valence-electron chi connectivity index (χ3n) is 3.97. The maximum absolute atomic E-state index is 12.0. The van der Waals surface area contributed by atoms with Gasteiger partial charge in [0.2, 0.25) is 5.91 Å². The molecule has 0 saturated heterocycles. The molecule has 0 aliphatic rings. The number of hydrogen-bond acceptors (Lipinski definition) is 6. The van der Waals surface area contributed by atoms with Crippen molar-refractivity contribution in [1.29, 1.82) is 0 Å². The Hall–Kier alpha value is -4.01. The largest absolute Gasteiger partial charge is 0.452 e. The van der Waals surface area contributed by atoms with Crippen LogP contribution in [-0.2, 0) is 19.1 Å². The summed E-state index contributed by atoms with van der Waals surface area (Å²) in [5.41, 5.74) is 2.01. The summed E-state index contributed by atoms with van der Waals surface area (Å²) in [5, 5.41) is 13.4. The number of carbonyl (C=O) groups is 3. The summed E-state index contributed by atoms with van der Waals surface area (Å²) in [5.74, 6) is -1.72. The van der Waals surface area contributed by atoms with Crippen molar-refractivity contribution in [1.82, 2.24) is 4.90 Å². The van der Waals surface area contributed by atoms with Gasteiger partial charge in [-0.05, 0) is 30.7 Å². The van der Waals surface area contributed by atoms with Crippen LogP contribution in [0, 0.1) is 17.0 Å². The number of benzene rings is 2. The first-order valence-corrected chi connectivity index (χ1v) is 8.94. The highest BCUT2D eigenvalue weighted by molar-refractivity contribution is 5.95. The van der Waals surface area contributed by atoms with E-state index in [9.17, 15) is 24.5 Å². The molecule has 0 unspecified atom stereocenters. The van der Waals surface area contributed by atoms with Crippen LogP contribution in [0.3, 0.4) is 0 Å². The fourth-order valence-corrected chi connectivity index (χ4v) is 2.34. The normalized spacial score (nSPS) is 10.5. The Labute approximate surface area is 173 Å². The van der Waals surface area contributed by atoms with E-state index in [1.165, 1.54) is 31.3 Å². The predicted octanol–water partition coefficient (Wildman–Crippen LogP) is 2.56. The standard InChI is InChI=1S/C21H21N3O6/c1-15-6-9-17(10-7-15)22-19(25)13-23(2)20(26)14-30-21(27)11-8-16-4-3-5-18(12-16)24(28)29/h3-12H,13-14H2,1-2H3,(H,22,25)/b11-8+. The molecule has 0 fully saturated rings. The molecule has 0 spiro atoms. The van der Waals surface area contributed by atoms with Crippen molar-refractivity contribution in [3.8, 4) is 0 Å². The minimum absolute atomic E-state index is 0.105. The van der Waals surface area contributed by atoms with Gasteiger partial charge in [0.15, 0.2) is 6.61 Å². The number of esters is 1. The average Bonchev–Trinajstić information content (AvgIpc) is 2.72. The molecular weight excluding hydrogens is 390 g/mol. The Morgan fingerprint density at radius 2 is 1.87 bits per heavy atom. The van der Waals surface area contributed by atoms with Crippen molar-refractivity contribution in [3.05, 3.63) is 75.8 Å². The zero-order valence-electron chi connectivity index (χ0n) is 16.5. The zero-order valence-corrected chi connectivity index (χ0v) is 16.5. The van der Waals surface area contributed by atoms with E-state index in [1.54, 1.807) is 18.2 Å². The van der Waals surface area contributed by atoms with Gasteiger partial charge in [0.25, 0.3) is 11.6 Å². The van der Waals surface area contributed by atoms with Crippen molar-refractivity contribution in [2.24, 2.45) is 0 Å². The maximum Gasteiger partial charge on any atom is 0.331 e. The highest BCUT2D eigenvalue weighted by Crippen LogP contribution is 2.14. The van der Waals surface area contributed by atoms with E-state index in [0.717, 1.165) is 16.5 Å². The van der Waals surface area contributed by atoms with Crippen LogP contribution >= 0.6 is 0 Å². The maximum atomic E-state index is 12.0. The molecule has 0 atom stereocenters. The van der Waals surface area contributed by atoms with Crippen LogP contribution in [0.2, 0.25) is 0 Å². The average molecular weight is 411 g/mol. The number of nitrogens with zero attached hydrogens (tertiary/aromatic N) is 2. The van der Waals surface area contributed by atoms with Gasteiger partial charge < -0.3 is 15.0 Å². The number of rotatable bonds is 8. The van der Waals surface area contributed by atoms with Crippen molar-refractivity contribution < 1.29 is 24.0 Å². The summed E-state index contributed by atoms with van der Waals surface area (Å²) in [7, 11) is 1.42. The first-order valence-electron chi connectivity index (χ1n) is 8.94. The molecule has 1 N–H and O–H groups in total. The van der Waals surface area contributed by atoms with Gasteiger partial charge in [0, 0.05) is 30.9 Å². The molecule has 2 rings (SSSR count). The number of anilines is 1. The molecule has 2 aromatic carbocycles. The second-order valence-electron chi connectivity index (χ2n) is 6.46. The van der Waals surface area contributed by atoms with E-state index in [-0.39, 0.29) is 18.1 Å². The monoisotopic (exact) mass is 411 g/mol. The number of nitro groups is 1. The quantitative estimate of drug-likeness (QED) is 0.309. The summed E-state index contributed by atoms with van der Waals surface area (Å²) in [6.07, 6.45) is 2.41. The second kappa shape index (κ2) is 10.5. The molecule has 30 heavy (non-hydrogen) atoms. The van der Waals surface area contributed by atoms with E-state index in [4.69, 9.17) is 4.74 Å². The van der Waals surface area contributed by atoms with Crippen molar-refractivity contribution in [2.75, 3.05) is 25.5 Å². The minimum atomic E-state index is -0.785. The molecule has 0 aliphatic heterocycles. The molecule has 9 nitrogen and oxygen atoms in total. The molecule has 156 valence electrons. The second-order valence-corrected chi connectivity index (χ2v) is 6.46. The van der Waals surface area contributed by atoms with Crippen LogP contribution in [0.4, 0.5) is 11.4 Å². The van der Waals surface area contributed by atoms with E-state index >= 15 is 0 Å². The SMILES string of the molecule is Cc1ccc(NC(=O)CN(C)C(=O)COC(=O)/C=C/c2cccc([N+](=O)[O-])c2)cc1. The zero-order chi connectivity index (χ0) is 22.1. The number of non-ortho nitro benzene ring substituents is 1. The first-order chi connectivity index (χ1) is 14.2. The summed E-state index contributed by atoms with van der Waals surface area (Å²) >= 11 is 0. The molecule has 0 bridgehead atoms. The number of aryl methyl sites for hydroxylation is 1. The van der Waals surface area contributed by atoms with E-state index in [1.807, 2.05) is 19.1 Å². The smallest absolute Gasteiger partial charge is 0.331 e. The van der Waals surface area contributed by atoms with E-state index < -0.39 is 23.4 Å². The third-order valence-corrected chi connectivity index (χ3v) is 3.97. The van der Waals surface area contributed by atoms with Gasteiger partial charge in [0.05, 0.1) is 11.5 Å². The van der Waals surface area contributed by atoms with Crippen LogP contribution < -0.4 is 5.32 Å². The lowest BCUT2D eigenvalue weighted by Gasteiger charge is -2.16. The minimum Gasteiger partial charge on any atom is -0.452 e. The lowest BCUT2D eigenvalue weighted by molar-refractivity contribution is -0.384. The molecule has 0 aromatic heterocycles. The number of likely N-dealkylation sites (N-methyl/N-ethyl adjacent to an activating group) is 1. The lowest BCUT2D eigenvalue weighted by atomic mass is 10.2. The summed E-state index contributed by atoms with van der Waals surface area (Å²) in [6, 6.07) is 12.9. The van der Waals surface area contributed by atoms with Crippen LogP contribution in [0.25, 0.3) is 6.08 Å². The molecule has 0 saturated carbocycles. The number of nitro benzene ring substituents is 1. The number of amides is 2. The van der Waals surface area contributed by atoms with E-state index in [0.29, 0.717) is 11.3 Å². The van der Waals surface area contributed by atoms with Gasteiger partial charge in [-0.1, -0.05) is 29.8 Å². The van der Waals surface area contributed by atoms with Gasteiger partial charge in [-0.3, -0.25) is 19.7 Å².